The summed E-state index contributed by atoms with van der Waals surface area (Å²) < 4.78 is 0. The van der Waals surface area contributed by atoms with Crippen LogP contribution in [0.5, 0.6) is 0 Å². The number of rotatable bonds is 1. The van der Waals surface area contributed by atoms with Crippen LogP contribution in [0.15, 0.2) is 35.6 Å². The number of allylic oxidation sites excluding steroid dienone is 1. The number of hydrogen-bond acceptors (Lipinski definition) is 3. The Morgan fingerprint density at radius 3 is 2.92 bits per heavy atom. The zero-order valence-electron chi connectivity index (χ0n) is 6.89. The molecule has 0 unspecified atom stereocenters. The van der Waals surface area contributed by atoms with Crippen LogP contribution >= 0.6 is 11.6 Å². The van der Waals surface area contributed by atoms with Crippen LogP contribution in [0, 0.1) is 0 Å². The van der Waals surface area contributed by atoms with Crippen LogP contribution in [0.1, 0.15) is 0 Å². The molecule has 2 rings (SSSR count). The molecule has 13 heavy (non-hydrogen) atoms. The highest BCUT2D eigenvalue weighted by Gasteiger charge is 2.03. The number of pyridine rings is 1. The highest BCUT2D eigenvalue weighted by Crippen LogP contribution is 2.16. The molecule has 0 saturated carbocycles. The maximum absolute atomic E-state index is 5.67. The Bertz CT molecular complexity index is 342. The van der Waals surface area contributed by atoms with Crippen LogP contribution in [-0.4, -0.2) is 17.9 Å². The Morgan fingerprint density at radius 2 is 2.31 bits per heavy atom. The van der Waals surface area contributed by atoms with E-state index in [2.05, 4.69) is 9.98 Å². The van der Waals surface area contributed by atoms with Gasteiger partial charge in [-0.25, -0.2) is 4.98 Å². The number of halogens is 1. The minimum Gasteiger partial charge on any atom is -0.327 e. The summed E-state index contributed by atoms with van der Waals surface area (Å²) in [4.78, 5) is 10.1. The molecule has 3 nitrogen and oxygen atoms in total. The van der Waals surface area contributed by atoms with Crippen molar-refractivity contribution < 1.29 is 0 Å². The molecular weight excluding hydrogens is 186 g/mol. The summed E-state index contributed by atoms with van der Waals surface area (Å²) in [7, 11) is 0. The lowest BCUT2D eigenvalue weighted by molar-refractivity contribution is 0.964. The number of nitrogens with zero attached hydrogens (tertiary/aromatic N) is 3. The van der Waals surface area contributed by atoms with Crippen molar-refractivity contribution in [2.75, 3.05) is 11.6 Å². The zero-order chi connectivity index (χ0) is 9.10. The summed E-state index contributed by atoms with van der Waals surface area (Å²) in [6.45, 7) is 0.639. The molecule has 0 aliphatic carbocycles. The molecule has 0 bridgehead atoms. The maximum atomic E-state index is 5.67. The SMILES string of the molecule is Clc1ccc(N2C=CC=NC2)cn1. The van der Waals surface area contributed by atoms with Gasteiger partial charge in [-0.15, -0.1) is 0 Å². The fourth-order valence-electron chi connectivity index (χ4n) is 1.09. The number of hydrogen-bond donors (Lipinski definition) is 0. The molecule has 0 aromatic carbocycles. The van der Waals surface area contributed by atoms with Gasteiger partial charge >= 0.3 is 0 Å². The molecule has 0 spiro atoms. The lowest BCUT2D eigenvalue weighted by Gasteiger charge is -2.19. The smallest absolute Gasteiger partial charge is 0.129 e. The molecule has 1 aliphatic heterocycles. The van der Waals surface area contributed by atoms with E-state index < -0.39 is 0 Å². The standard InChI is InChI=1S/C9H8ClN3/c10-9-3-2-8(6-12-9)13-5-1-4-11-7-13/h1-6H,7H2. The quantitative estimate of drug-likeness (QED) is 0.639. The first-order chi connectivity index (χ1) is 6.36. The molecule has 0 atom stereocenters. The largest absolute Gasteiger partial charge is 0.327 e. The number of anilines is 1. The Balaban J connectivity index is 2.21. The summed E-state index contributed by atoms with van der Waals surface area (Å²) >= 11 is 5.67. The molecule has 66 valence electrons. The number of aromatic nitrogens is 1. The highest BCUT2D eigenvalue weighted by atomic mass is 35.5. The molecule has 0 saturated heterocycles. The lowest BCUT2D eigenvalue weighted by Crippen LogP contribution is -2.18. The fraction of sp³-hybridized carbons (Fsp3) is 0.111. The van der Waals surface area contributed by atoms with E-state index >= 15 is 0 Å². The second kappa shape index (κ2) is 3.58. The summed E-state index contributed by atoms with van der Waals surface area (Å²) in [6.07, 6.45) is 7.35. The monoisotopic (exact) mass is 193 g/mol. The Morgan fingerprint density at radius 1 is 1.38 bits per heavy atom. The Kier molecular flexibility index (Phi) is 2.27. The van der Waals surface area contributed by atoms with Crippen molar-refractivity contribution in [1.29, 1.82) is 0 Å². The minimum atomic E-state index is 0.508. The van der Waals surface area contributed by atoms with Crippen molar-refractivity contribution in [3.63, 3.8) is 0 Å². The van der Waals surface area contributed by atoms with Gasteiger partial charge in [-0.05, 0) is 18.2 Å². The molecule has 1 aromatic rings. The summed E-state index contributed by atoms with van der Waals surface area (Å²) in [5.41, 5.74) is 0.998. The molecule has 1 aromatic heterocycles. The minimum absolute atomic E-state index is 0.508. The molecule has 0 radical (unpaired) electrons. The topological polar surface area (TPSA) is 28.5 Å². The third kappa shape index (κ3) is 1.87. The van der Waals surface area contributed by atoms with Crippen molar-refractivity contribution in [1.82, 2.24) is 4.98 Å². The summed E-state index contributed by atoms with van der Waals surface area (Å²) in [5, 5.41) is 0.508. The maximum Gasteiger partial charge on any atom is 0.129 e. The van der Waals surface area contributed by atoms with Crippen LogP contribution in [-0.2, 0) is 0 Å². The van der Waals surface area contributed by atoms with Crippen LogP contribution in [0.2, 0.25) is 5.15 Å². The van der Waals surface area contributed by atoms with Crippen molar-refractivity contribution in [2.24, 2.45) is 4.99 Å². The van der Waals surface area contributed by atoms with Gasteiger partial charge in [0.25, 0.3) is 0 Å². The molecule has 0 N–H and O–H groups in total. The average Bonchev–Trinajstić information content (AvgIpc) is 2.20. The van der Waals surface area contributed by atoms with Gasteiger partial charge in [0.05, 0.1) is 11.9 Å². The molecule has 4 heteroatoms. The molecule has 2 heterocycles. The van der Waals surface area contributed by atoms with Gasteiger partial charge in [0.2, 0.25) is 0 Å². The Hall–Kier alpha value is -1.35. The first-order valence-corrected chi connectivity index (χ1v) is 4.29. The van der Waals surface area contributed by atoms with Crippen molar-refractivity contribution in [3.05, 3.63) is 35.8 Å². The molecule has 1 aliphatic rings. The van der Waals surface area contributed by atoms with E-state index in [0.29, 0.717) is 11.8 Å². The average molecular weight is 194 g/mol. The van der Waals surface area contributed by atoms with Crippen LogP contribution < -0.4 is 4.90 Å². The van der Waals surface area contributed by atoms with Gasteiger partial charge in [-0.2, -0.15) is 0 Å². The first-order valence-electron chi connectivity index (χ1n) is 3.91. The lowest BCUT2D eigenvalue weighted by atomic mass is 10.4. The predicted octanol–water partition coefficient (Wildman–Crippen LogP) is 2.10. The Labute approximate surface area is 81.4 Å². The van der Waals surface area contributed by atoms with Gasteiger partial charge in [-0.3, -0.25) is 4.99 Å². The second-order valence-electron chi connectivity index (χ2n) is 2.62. The van der Waals surface area contributed by atoms with E-state index in [1.165, 1.54) is 0 Å². The molecular formula is C9H8ClN3. The van der Waals surface area contributed by atoms with Crippen molar-refractivity contribution in [3.8, 4) is 0 Å². The molecule has 0 fully saturated rings. The fourth-order valence-corrected chi connectivity index (χ4v) is 1.20. The van der Waals surface area contributed by atoms with E-state index in [9.17, 15) is 0 Å². The van der Waals surface area contributed by atoms with Crippen LogP contribution in [0.3, 0.4) is 0 Å². The summed E-state index contributed by atoms with van der Waals surface area (Å²) in [6, 6.07) is 3.68. The molecule has 0 amide bonds. The van der Waals surface area contributed by atoms with Crippen LogP contribution in [0.4, 0.5) is 5.69 Å². The summed E-state index contributed by atoms with van der Waals surface area (Å²) in [5.74, 6) is 0. The van der Waals surface area contributed by atoms with E-state index in [1.807, 2.05) is 23.2 Å². The van der Waals surface area contributed by atoms with E-state index in [0.717, 1.165) is 5.69 Å². The second-order valence-corrected chi connectivity index (χ2v) is 3.01. The van der Waals surface area contributed by atoms with Gasteiger partial charge in [-0.1, -0.05) is 11.6 Å². The van der Waals surface area contributed by atoms with Crippen molar-refractivity contribution in [2.45, 2.75) is 0 Å². The zero-order valence-corrected chi connectivity index (χ0v) is 7.65. The predicted molar refractivity (Wildman–Crippen MR) is 54.2 cm³/mol. The third-order valence-electron chi connectivity index (χ3n) is 1.73. The first kappa shape index (κ1) is 8.26. The van der Waals surface area contributed by atoms with Gasteiger partial charge in [0.1, 0.15) is 11.8 Å². The van der Waals surface area contributed by atoms with Gasteiger partial charge < -0.3 is 4.90 Å². The van der Waals surface area contributed by atoms with Crippen LogP contribution in [0.25, 0.3) is 0 Å². The van der Waals surface area contributed by atoms with Gasteiger partial charge in [0, 0.05) is 12.4 Å². The number of aliphatic imine (C=N–C) groups is 1. The van der Waals surface area contributed by atoms with Gasteiger partial charge in [0.15, 0.2) is 0 Å². The van der Waals surface area contributed by atoms with E-state index in [-0.39, 0.29) is 0 Å². The normalized spacial score (nSPS) is 15.0. The van der Waals surface area contributed by atoms with E-state index in [1.54, 1.807) is 18.5 Å². The third-order valence-corrected chi connectivity index (χ3v) is 1.96. The highest BCUT2D eigenvalue weighted by molar-refractivity contribution is 6.29. The van der Waals surface area contributed by atoms with E-state index in [4.69, 9.17) is 11.6 Å². The van der Waals surface area contributed by atoms with Crippen molar-refractivity contribution >= 4 is 23.5 Å².